The Balaban J connectivity index is 1.81. The van der Waals surface area contributed by atoms with Gasteiger partial charge in [-0.2, -0.15) is 0 Å². The van der Waals surface area contributed by atoms with Gasteiger partial charge >= 0.3 is 0 Å². The molecule has 4 nitrogen and oxygen atoms in total. The van der Waals surface area contributed by atoms with Crippen molar-refractivity contribution in [1.82, 2.24) is 4.57 Å². The van der Waals surface area contributed by atoms with Gasteiger partial charge in [-0.15, -0.1) is 0 Å². The molecule has 0 unspecified atom stereocenters. The summed E-state index contributed by atoms with van der Waals surface area (Å²) in [6, 6.07) is 7.75. The first kappa shape index (κ1) is 12.4. The molecule has 2 bridgehead atoms. The molecule has 1 saturated heterocycles. The minimum absolute atomic E-state index is 0.0966. The van der Waals surface area contributed by atoms with Crippen LogP contribution in [-0.2, 0) is 35.3 Å². The Hall–Kier alpha value is -1.36. The van der Waals surface area contributed by atoms with Crippen molar-refractivity contribution in [2.75, 3.05) is 6.61 Å². The molecule has 2 atom stereocenters. The van der Waals surface area contributed by atoms with Gasteiger partial charge in [0, 0.05) is 10.6 Å². The molecule has 4 rings (SSSR count). The van der Waals surface area contributed by atoms with E-state index in [-0.39, 0.29) is 6.10 Å². The lowest BCUT2D eigenvalue weighted by Gasteiger charge is -2.26. The van der Waals surface area contributed by atoms with Crippen molar-refractivity contribution in [1.29, 1.82) is 0 Å². The number of imidazole rings is 1. The van der Waals surface area contributed by atoms with Crippen LogP contribution in [0.5, 0.6) is 0 Å². The van der Waals surface area contributed by atoms with E-state index in [1.807, 2.05) is 24.3 Å². The highest BCUT2D eigenvalue weighted by Gasteiger charge is 2.49. The van der Waals surface area contributed by atoms with Crippen LogP contribution in [0.3, 0.4) is 0 Å². The van der Waals surface area contributed by atoms with Gasteiger partial charge in [0.25, 0.3) is 5.82 Å². The van der Waals surface area contributed by atoms with Crippen molar-refractivity contribution in [3.05, 3.63) is 53.1 Å². The number of hydrogen-bond acceptors (Lipinski definition) is 2. The Morgan fingerprint density at radius 1 is 1.35 bits per heavy atom. The predicted octanol–water partition coefficient (Wildman–Crippen LogP) is 1.79. The van der Waals surface area contributed by atoms with Gasteiger partial charge in [-0.1, -0.05) is 23.7 Å². The highest BCUT2D eigenvalue weighted by Crippen LogP contribution is 2.39. The van der Waals surface area contributed by atoms with E-state index in [0.717, 1.165) is 17.1 Å². The number of benzene rings is 1. The van der Waals surface area contributed by atoms with E-state index in [9.17, 15) is 0 Å². The number of aryl methyl sites for hydroxylation is 1. The topological polar surface area (TPSA) is 27.3 Å². The van der Waals surface area contributed by atoms with Crippen LogP contribution >= 0.6 is 11.6 Å². The van der Waals surface area contributed by atoms with Gasteiger partial charge in [-0.25, -0.2) is 9.13 Å². The van der Waals surface area contributed by atoms with E-state index in [0.29, 0.717) is 13.0 Å². The van der Waals surface area contributed by atoms with Crippen molar-refractivity contribution in [3.63, 3.8) is 0 Å². The molecule has 0 N–H and O–H groups in total. The van der Waals surface area contributed by atoms with E-state index in [4.69, 9.17) is 21.1 Å². The number of aromatic nitrogens is 2. The molecular weight excluding hydrogens is 276 g/mol. The van der Waals surface area contributed by atoms with Gasteiger partial charge in [0.05, 0.1) is 13.7 Å². The van der Waals surface area contributed by atoms with E-state index < -0.39 is 5.79 Å². The Bertz CT molecular complexity index is 652. The van der Waals surface area contributed by atoms with Crippen molar-refractivity contribution < 1.29 is 14.0 Å². The Labute approximate surface area is 122 Å². The standard InChI is InChI=1S/C15H16ClN2O2/c1-17-6-7-18-9-13-10-19-15(20-13,8-14(17)18)11-2-4-12(16)5-3-11/h2-7,13H,8-10H2,1H3/q+1/t13-,15-/m1/s1. The third-order valence-electron chi connectivity index (χ3n) is 4.14. The number of ether oxygens (including phenoxy) is 2. The lowest BCUT2D eigenvalue weighted by molar-refractivity contribution is -0.680. The number of halogens is 1. The quantitative estimate of drug-likeness (QED) is 0.749. The average molecular weight is 292 g/mol. The van der Waals surface area contributed by atoms with Gasteiger partial charge in [-0.05, 0) is 12.1 Å². The van der Waals surface area contributed by atoms with Gasteiger partial charge in [0.15, 0.2) is 0 Å². The van der Waals surface area contributed by atoms with E-state index >= 15 is 0 Å². The average Bonchev–Trinajstić information content (AvgIpc) is 2.92. The number of rotatable bonds is 1. The second-order valence-corrected chi connectivity index (χ2v) is 5.90. The summed E-state index contributed by atoms with van der Waals surface area (Å²) in [6.45, 7) is 1.47. The van der Waals surface area contributed by atoms with Crippen LogP contribution in [0.25, 0.3) is 0 Å². The molecule has 104 valence electrons. The second kappa shape index (κ2) is 4.32. The molecule has 2 aliphatic heterocycles. The van der Waals surface area contributed by atoms with Gasteiger partial charge < -0.3 is 9.47 Å². The van der Waals surface area contributed by atoms with E-state index in [1.54, 1.807) is 0 Å². The highest BCUT2D eigenvalue weighted by atomic mass is 35.5. The maximum absolute atomic E-state index is 6.23. The molecule has 3 heterocycles. The van der Waals surface area contributed by atoms with E-state index in [1.165, 1.54) is 5.82 Å². The lowest BCUT2D eigenvalue weighted by Crippen LogP contribution is -2.39. The van der Waals surface area contributed by atoms with Crippen LogP contribution < -0.4 is 4.57 Å². The first-order valence-corrected chi connectivity index (χ1v) is 7.15. The molecule has 1 aromatic carbocycles. The molecule has 0 aliphatic carbocycles. The first-order valence-electron chi connectivity index (χ1n) is 6.78. The summed E-state index contributed by atoms with van der Waals surface area (Å²) in [5, 5.41) is 0.724. The lowest BCUT2D eigenvalue weighted by atomic mass is 10.0. The minimum atomic E-state index is -0.681. The molecule has 0 radical (unpaired) electrons. The fraction of sp³-hybridized carbons (Fsp3) is 0.400. The maximum atomic E-state index is 6.23. The number of fused-ring (bicyclic) bond motifs is 3. The van der Waals surface area contributed by atoms with Crippen LogP contribution in [0.1, 0.15) is 11.4 Å². The summed E-state index contributed by atoms with van der Waals surface area (Å²) >= 11 is 5.98. The van der Waals surface area contributed by atoms with Gasteiger partial charge in [0.1, 0.15) is 31.5 Å². The Morgan fingerprint density at radius 3 is 2.95 bits per heavy atom. The molecule has 2 aliphatic rings. The molecule has 0 spiro atoms. The third kappa shape index (κ3) is 1.79. The van der Waals surface area contributed by atoms with Gasteiger partial charge in [-0.3, -0.25) is 0 Å². The monoisotopic (exact) mass is 291 g/mol. The van der Waals surface area contributed by atoms with Crippen LogP contribution in [0.2, 0.25) is 5.02 Å². The molecule has 1 aromatic heterocycles. The Morgan fingerprint density at radius 2 is 2.15 bits per heavy atom. The fourth-order valence-electron chi connectivity index (χ4n) is 3.08. The molecule has 5 heteroatoms. The van der Waals surface area contributed by atoms with Crippen molar-refractivity contribution in [3.8, 4) is 0 Å². The molecule has 1 fully saturated rings. The molecule has 2 aromatic rings. The molecule has 0 saturated carbocycles. The largest absolute Gasteiger partial charge is 0.342 e. The normalized spacial score (nSPS) is 28.2. The highest BCUT2D eigenvalue weighted by molar-refractivity contribution is 6.30. The maximum Gasteiger partial charge on any atom is 0.262 e. The van der Waals surface area contributed by atoms with Crippen LogP contribution in [0.4, 0.5) is 0 Å². The zero-order valence-electron chi connectivity index (χ0n) is 11.3. The second-order valence-electron chi connectivity index (χ2n) is 5.47. The summed E-state index contributed by atoms with van der Waals surface area (Å²) in [7, 11) is 2.06. The summed E-state index contributed by atoms with van der Waals surface area (Å²) in [5.74, 6) is 0.529. The summed E-state index contributed by atoms with van der Waals surface area (Å²) in [4.78, 5) is 0. The number of nitrogens with zero attached hydrogens (tertiary/aromatic N) is 2. The molecule has 20 heavy (non-hydrogen) atoms. The first-order chi connectivity index (χ1) is 9.66. The number of hydrogen-bond donors (Lipinski definition) is 0. The molecular formula is C15H16ClN2O2+. The van der Waals surface area contributed by atoms with Crippen LogP contribution in [0.15, 0.2) is 36.7 Å². The summed E-state index contributed by atoms with van der Waals surface area (Å²) in [5.41, 5.74) is 1.03. The smallest absolute Gasteiger partial charge is 0.262 e. The van der Waals surface area contributed by atoms with Crippen molar-refractivity contribution in [2.24, 2.45) is 7.05 Å². The van der Waals surface area contributed by atoms with Gasteiger partial charge in [0.2, 0.25) is 5.79 Å². The zero-order chi connectivity index (χ0) is 13.7. The Kier molecular flexibility index (Phi) is 2.67. The fourth-order valence-corrected chi connectivity index (χ4v) is 3.21. The predicted molar refractivity (Wildman–Crippen MR) is 73.3 cm³/mol. The third-order valence-corrected chi connectivity index (χ3v) is 4.40. The van der Waals surface area contributed by atoms with Crippen LogP contribution in [-0.4, -0.2) is 17.3 Å². The van der Waals surface area contributed by atoms with Crippen molar-refractivity contribution in [2.45, 2.75) is 24.9 Å². The minimum Gasteiger partial charge on any atom is -0.342 e. The molecule has 0 amide bonds. The summed E-state index contributed by atoms with van der Waals surface area (Å²) in [6.07, 6.45) is 4.98. The summed E-state index contributed by atoms with van der Waals surface area (Å²) < 4.78 is 16.7. The zero-order valence-corrected chi connectivity index (χ0v) is 12.0. The van der Waals surface area contributed by atoms with E-state index in [2.05, 4.69) is 28.6 Å². The SMILES string of the molecule is C[n+]1ccn2c1C[C@@]1(c3ccc(Cl)cc3)OC[C@@H](C2)O1. The van der Waals surface area contributed by atoms with Crippen molar-refractivity contribution >= 4 is 11.6 Å². The van der Waals surface area contributed by atoms with Crippen LogP contribution in [0, 0.1) is 0 Å².